The van der Waals surface area contributed by atoms with Crippen LogP contribution in [0.3, 0.4) is 0 Å². The minimum absolute atomic E-state index is 0.285. The number of benzene rings is 3. The zero-order valence-corrected chi connectivity index (χ0v) is 20.4. The Morgan fingerprint density at radius 2 is 1.76 bits per heavy atom. The first-order valence-corrected chi connectivity index (χ1v) is 11.6. The molecule has 0 atom stereocenters. The van der Waals surface area contributed by atoms with Crippen molar-refractivity contribution in [1.82, 2.24) is 4.98 Å². The Kier molecular flexibility index (Phi) is 6.09. The van der Waals surface area contributed by atoms with E-state index in [9.17, 15) is 4.79 Å². The molecule has 0 spiro atoms. The molecule has 2 aromatic heterocycles. The fourth-order valence-electron chi connectivity index (χ4n) is 3.41. The van der Waals surface area contributed by atoms with E-state index in [-0.39, 0.29) is 5.91 Å². The molecule has 0 saturated carbocycles. The first-order valence-electron chi connectivity index (χ1n) is 10.5. The third-order valence-corrected chi connectivity index (χ3v) is 6.16. The van der Waals surface area contributed by atoms with Crippen LogP contribution in [-0.2, 0) is 4.79 Å². The molecule has 5 aromatic rings. The molecule has 5 nitrogen and oxygen atoms in total. The molecule has 0 aliphatic rings. The number of anilines is 1. The van der Waals surface area contributed by atoms with Crippen molar-refractivity contribution in [3.8, 4) is 22.8 Å². The number of rotatable bonds is 5. The fraction of sp³-hybridized carbons (Fsp3) is 0.0370. The Morgan fingerprint density at radius 3 is 2.56 bits per heavy atom. The molecule has 1 N–H and O–H groups in total. The number of carbonyl (C=O) groups excluding carboxylic acids is 1. The molecule has 34 heavy (non-hydrogen) atoms. The van der Waals surface area contributed by atoms with Crippen molar-refractivity contribution < 1.29 is 13.6 Å². The number of aryl methyl sites for hydroxylation is 1. The van der Waals surface area contributed by atoms with Crippen LogP contribution < -0.4 is 5.32 Å². The van der Waals surface area contributed by atoms with Crippen LogP contribution in [0.4, 0.5) is 5.69 Å². The summed E-state index contributed by atoms with van der Waals surface area (Å²) in [6.07, 6.45) is 3.04. The molecule has 2 heterocycles. The van der Waals surface area contributed by atoms with Gasteiger partial charge in [-0.2, -0.15) is 0 Å². The van der Waals surface area contributed by atoms with Gasteiger partial charge in [0.1, 0.15) is 17.0 Å². The lowest BCUT2D eigenvalue weighted by atomic mass is 10.1. The van der Waals surface area contributed by atoms with Gasteiger partial charge in [0.2, 0.25) is 11.8 Å². The maximum Gasteiger partial charge on any atom is 0.248 e. The maximum atomic E-state index is 12.4. The molecule has 5 rings (SSSR count). The molecule has 0 saturated heterocycles. The molecule has 0 bridgehead atoms. The zero-order valence-electron chi connectivity index (χ0n) is 18.0. The Bertz CT molecular complexity index is 1530. The number of amides is 1. The molecule has 3 aromatic carbocycles. The predicted octanol–water partition coefficient (Wildman–Crippen LogP) is 8.13. The standard InChI is InChI=1S/C27H18BrClN2O3/c1-16-2-3-18(14-22(16)29)24-12-9-21(33-24)10-13-26(32)30-20-8-11-25-23(15-20)31-27(34-25)17-4-6-19(28)7-5-17/h2-15H,1H3,(H,30,32)/b13-10+. The van der Waals surface area contributed by atoms with Gasteiger partial charge in [0.25, 0.3) is 0 Å². The quantitative estimate of drug-likeness (QED) is 0.232. The normalized spacial score (nSPS) is 11.4. The molecular weight excluding hydrogens is 516 g/mol. The Morgan fingerprint density at radius 1 is 0.971 bits per heavy atom. The highest BCUT2D eigenvalue weighted by Gasteiger charge is 2.10. The van der Waals surface area contributed by atoms with Crippen molar-refractivity contribution in [3.63, 3.8) is 0 Å². The van der Waals surface area contributed by atoms with Crippen molar-refractivity contribution in [3.05, 3.63) is 99.7 Å². The second kappa shape index (κ2) is 9.33. The molecule has 168 valence electrons. The first-order chi connectivity index (χ1) is 16.4. The largest absolute Gasteiger partial charge is 0.457 e. The number of hydrogen-bond donors (Lipinski definition) is 1. The summed E-state index contributed by atoms with van der Waals surface area (Å²) in [7, 11) is 0. The lowest BCUT2D eigenvalue weighted by Gasteiger charge is -2.01. The average molecular weight is 534 g/mol. The van der Waals surface area contributed by atoms with Gasteiger partial charge in [0.15, 0.2) is 5.58 Å². The van der Waals surface area contributed by atoms with E-state index >= 15 is 0 Å². The summed E-state index contributed by atoms with van der Waals surface area (Å²) in [5, 5.41) is 3.52. The number of hydrogen-bond acceptors (Lipinski definition) is 4. The SMILES string of the molecule is Cc1ccc(-c2ccc(/C=C/C(=O)Nc3ccc4oc(-c5ccc(Br)cc5)nc4c3)o2)cc1Cl. The van der Waals surface area contributed by atoms with Crippen LogP contribution in [0.1, 0.15) is 11.3 Å². The van der Waals surface area contributed by atoms with Gasteiger partial charge >= 0.3 is 0 Å². The highest BCUT2D eigenvalue weighted by atomic mass is 79.9. The maximum absolute atomic E-state index is 12.4. The van der Waals surface area contributed by atoms with Gasteiger partial charge < -0.3 is 14.2 Å². The number of nitrogens with zero attached hydrogens (tertiary/aromatic N) is 1. The third kappa shape index (κ3) is 4.83. The van der Waals surface area contributed by atoms with Crippen LogP contribution in [0.5, 0.6) is 0 Å². The van der Waals surface area contributed by atoms with Crippen molar-refractivity contribution in [2.45, 2.75) is 6.92 Å². The molecular formula is C27H18BrClN2O3. The van der Waals surface area contributed by atoms with Crippen LogP contribution in [0.15, 0.2) is 92.2 Å². The minimum Gasteiger partial charge on any atom is -0.457 e. The monoisotopic (exact) mass is 532 g/mol. The Labute approximate surface area is 209 Å². The van der Waals surface area contributed by atoms with Crippen molar-refractivity contribution in [2.24, 2.45) is 0 Å². The predicted molar refractivity (Wildman–Crippen MR) is 139 cm³/mol. The second-order valence-electron chi connectivity index (χ2n) is 7.70. The molecule has 0 aliphatic carbocycles. The highest BCUT2D eigenvalue weighted by Crippen LogP contribution is 2.28. The number of halogens is 2. The van der Waals surface area contributed by atoms with Gasteiger partial charge in [0, 0.05) is 32.4 Å². The van der Waals surface area contributed by atoms with Crippen LogP contribution in [0.25, 0.3) is 40.0 Å². The molecule has 1 amide bonds. The molecule has 0 unspecified atom stereocenters. The first kappa shape index (κ1) is 22.2. The van der Waals surface area contributed by atoms with E-state index < -0.39 is 0 Å². The molecule has 7 heteroatoms. The number of aromatic nitrogens is 1. The number of oxazole rings is 1. The van der Waals surface area contributed by atoms with E-state index in [4.69, 9.17) is 20.4 Å². The van der Waals surface area contributed by atoms with Crippen LogP contribution in [0, 0.1) is 6.92 Å². The lowest BCUT2D eigenvalue weighted by molar-refractivity contribution is -0.111. The average Bonchev–Trinajstić information content (AvgIpc) is 3.47. The summed E-state index contributed by atoms with van der Waals surface area (Å²) < 4.78 is 12.6. The minimum atomic E-state index is -0.285. The van der Waals surface area contributed by atoms with E-state index in [1.54, 1.807) is 30.3 Å². The number of furan rings is 1. The Balaban J connectivity index is 1.27. The molecule has 0 fully saturated rings. The number of fused-ring (bicyclic) bond motifs is 1. The van der Waals surface area contributed by atoms with Crippen molar-refractivity contribution in [2.75, 3.05) is 5.32 Å². The van der Waals surface area contributed by atoms with E-state index in [0.29, 0.717) is 39.2 Å². The highest BCUT2D eigenvalue weighted by molar-refractivity contribution is 9.10. The van der Waals surface area contributed by atoms with E-state index in [2.05, 4.69) is 26.2 Å². The van der Waals surface area contributed by atoms with Crippen molar-refractivity contribution in [1.29, 1.82) is 0 Å². The summed E-state index contributed by atoms with van der Waals surface area (Å²) in [5.41, 5.74) is 4.68. The van der Waals surface area contributed by atoms with E-state index in [1.165, 1.54) is 6.08 Å². The van der Waals surface area contributed by atoms with Gasteiger partial charge in [-0.1, -0.05) is 39.7 Å². The number of carbonyl (C=O) groups is 1. The molecule has 0 aliphatic heterocycles. The summed E-state index contributed by atoms with van der Waals surface area (Å²) >= 11 is 9.63. The van der Waals surface area contributed by atoms with E-state index in [0.717, 1.165) is 21.2 Å². The summed E-state index contributed by atoms with van der Waals surface area (Å²) in [6, 6.07) is 22.5. The van der Waals surface area contributed by atoms with Crippen molar-refractivity contribution >= 4 is 56.3 Å². The summed E-state index contributed by atoms with van der Waals surface area (Å²) in [5.74, 6) is 1.48. The zero-order chi connectivity index (χ0) is 23.7. The van der Waals surface area contributed by atoms with Crippen LogP contribution in [0.2, 0.25) is 5.02 Å². The van der Waals surface area contributed by atoms with Gasteiger partial charge in [-0.25, -0.2) is 4.98 Å². The molecule has 0 radical (unpaired) electrons. The van der Waals surface area contributed by atoms with Gasteiger partial charge in [0.05, 0.1) is 0 Å². The van der Waals surface area contributed by atoms with Crippen LogP contribution in [-0.4, -0.2) is 10.9 Å². The smallest absolute Gasteiger partial charge is 0.248 e. The lowest BCUT2D eigenvalue weighted by Crippen LogP contribution is -2.07. The second-order valence-corrected chi connectivity index (χ2v) is 9.02. The number of nitrogens with one attached hydrogen (secondary N) is 1. The topological polar surface area (TPSA) is 68.3 Å². The summed E-state index contributed by atoms with van der Waals surface area (Å²) in [6.45, 7) is 1.95. The van der Waals surface area contributed by atoms with E-state index in [1.807, 2.05) is 55.5 Å². The summed E-state index contributed by atoms with van der Waals surface area (Å²) in [4.78, 5) is 17.0. The third-order valence-electron chi connectivity index (χ3n) is 5.23. The van der Waals surface area contributed by atoms with Gasteiger partial charge in [-0.05, 0) is 79.2 Å². The van der Waals surface area contributed by atoms with Gasteiger partial charge in [-0.3, -0.25) is 4.79 Å². The fourth-order valence-corrected chi connectivity index (χ4v) is 3.85. The van der Waals surface area contributed by atoms with Gasteiger partial charge in [-0.15, -0.1) is 0 Å². The van der Waals surface area contributed by atoms with Crippen LogP contribution >= 0.6 is 27.5 Å². The Hall–Kier alpha value is -3.61.